The van der Waals surface area contributed by atoms with E-state index in [1.807, 2.05) is 29.9 Å². The summed E-state index contributed by atoms with van der Waals surface area (Å²) in [7, 11) is 3.98. The zero-order chi connectivity index (χ0) is 17.0. The second kappa shape index (κ2) is 5.48. The minimum absolute atomic E-state index is 0.503. The number of fused-ring (bicyclic) bond motifs is 1. The fraction of sp³-hybridized carbons (Fsp3) is 0.562. The molecule has 0 radical (unpaired) electrons. The van der Waals surface area contributed by atoms with Gasteiger partial charge in [-0.15, -0.1) is 15.3 Å². The largest absolute Gasteiger partial charge is 0.352 e. The minimum Gasteiger partial charge on any atom is -0.352 e. The van der Waals surface area contributed by atoms with E-state index in [2.05, 4.69) is 37.2 Å². The molecule has 1 saturated carbocycles. The van der Waals surface area contributed by atoms with E-state index in [9.17, 15) is 0 Å². The maximum atomic E-state index is 4.77. The predicted molar refractivity (Wildman–Crippen MR) is 91.2 cm³/mol. The van der Waals surface area contributed by atoms with E-state index in [0.717, 1.165) is 42.6 Å². The molecule has 3 aromatic heterocycles. The predicted octanol–water partition coefficient (Wildman–Crippen LogP) is 0.451. The Bertz CT molecular complexity index is 903. The standard InChI is InChI=1S/C16H21N9/c1-22(8-12-7-17-23(2)20-12)13-9-24(10-13)15-6-5-14-18-19-16(11-3-4-11)25(14)21-15/h5-7,11,13H,3-4,8-10H2,1-2H3. The van der Waals surface area contributed by atoms with Gasteiger partial charge in [-0.05, 0) is 32.0 Å². The van der Waals surface area contributed by atoms with E-state index in [1.54, 1.807) is 4.80 Å². The summed E-state index contributed by atoms with van der Waals surface area (Å²) < 4.78 is 1.92. The molecule has 0 spiro atoms. The number of anilines is 1. The van der Waals surface area contributed by atoms with Crippen LogP contribution in [-0.4, -0.2) is 65.9 Å². The summed E-state index contributed by atoms with van der Waals surface area (Å²) in [4.78, 5) is 6.23. The van der Waals surface area contributed by atoms with E-state index in [1.165, 1.54) is 12.8 Å². The van der Waals surface area contributed by atoms with E-state index >= 15 is 0 Å². The van der Waals surface area contributed by atoms with Gasteiger partial charge in [-0.25, -0.2) is 0 Å². The summed E-state index contributed by atoms with van der Waals surface area (Å²) >= 11 is 0. The van der Waals surface area contributed by atoms with Gasteiger partial charge in [-0.3, -0.25) is 4.90 Å². The molecule has 130 valence electrons. The van der Waals surface area contributed by atoms with Gasteiger partial charge >= 0.3 is 0 Å². The maximum Gasteiger partial charge on any atom is 0.178 e. The normalized spacial score (nSPS) is 18.3. The summed E-state index contributed by atoms with van der Waals surface area (Å²) in [5.41, 5.74) is 1.84. The SMILES string of the molecule is CN(Cc1cnn(C)n1)C1CN(c2ccc3nnc(C4CC4)n3n2)C1. The van der Waals surface area contributed by atoms with Gasteiger partial charge in [0.1, 0.15) is 5.82 Å². The highest BCUT2D eigenvalue weighted by Gasteiger charge is 2.33. The highest BCUT2D eigenvalue weighted by atomic mass is 15.5. The van der Waals surface area contributed by atoms with Crippen LogP contribution in [0.5, 0.6) is 0 Å². The van der Waals surface area contributed by atoms with Crippen molar-refractivity contribution in [3.63, 3.8) is 0 Å². The van der Waals surface area contributed by atoms with Crippen molar-refractivity contribution in [1.29, 1.82) is 0 Å². The van der Waals surface area contributed by atoms with Crippen LogP contribution in [0.3, 0.4) is 0 Å². The van der Waals surface area contributed by atoms with Gasteiger partial charge in [0.2, 0.25) is 0 Å². The lowest BCUT2D eigenvalue weighted by Gasteiger charge is -2.44. The first-order valence-electron chi connectivity index (χ1n) is 8.70. The lowest BCUT2D eigenvalue weighted by atomic mass is 10.1. The zero-order valence-corrected chi connectivity index (χ0v) is 14.4. The van der Waals surface area contributed by atoms with E-state index < -0.39 is 0 Å². The summed E-state index contributed by atoms with van der Waals surface area (Å²) in [6.07, 6.45) is 4.23. The van der Waals surface area contributed by atoms with Gasteiger partial charge in [-0.2, -0.15) is 19.5 Å². The molecule has 0 atom stereocenters. The van der Waals surface area contributed by atoms with Crippen molar-refractivity contribution >= 4 is 11.5 Å². The molecule has 9 heteroatoms. The second-order valence-corrected chi connectivity index (χ2v) is 7.09. The summed E-state index contributed by atoms with van der Waals surface area (Å²) in [5, 5.41) is 21.8. The molecule has 0 N–H and O–H groups in total. The smallest absolute Gasteiger partial charge is 0.178 e. The van der Waals surface area contributed by atoms with Crippen molar-refractivity contribution in [2.24, 2.45) is 7.05 Å². The highest BCUT2D eigenvalue weighted by Crippen LogP contribution is 2.38. The Morgan fingerprint density at radius 3 is 2.72 bits per heavy atom. The first-order valence-corrected chi connectivity index (χ1v) is 8.70. The van der Waals surface area contributed by atoms with Crippen LogP contribution in [0.2, 0.25) is 0 Å². The topological polar surface area (TPSA) is 80.3 Å². The first kappa shape index (κ1) is 14.8. The molecule has 5 rings (SSSR count). The third-order valence-electron chi connectivity index (χ3n) is 5.08. The number of aryl methyl sites for hydroxylation is 1. The van der Waals surface area contributed by atoms with Crippen LogP contribution in [0, 0.1) is 0 Å². The van der Waals surface area contributed by atoms with Gasteiger partial charge in [0.15, 0.2) is 11.5 Å². The molecule has 0 bridgehead atoms. The third kappa shape index (κ3) is 2.64. The number of likely N-dealkylation sites (N-methyl/N-ethyl adjacent to an activating group) is 1. The van der Waals surface area contributed by atoms with Gasteiger partial charge in [-0.1, -0.05) is 0 Å². The minimum atomic E-state index is 0.503. The number of rotatable bonds is 5. The maximum absolute atomic E-state index is 4.77. The van der Waals surface area contributed by atoms with Crippen molar-refractivity contribution < 1.29 is 0 Å². The van der Waals surface area contributed by atoms with Crippen LogP contribution >= 0.6 is 0 Å². The zero-order valence-electron chi connectivity index (χ0n) is 14.4. The molecule has 3 aromatic rings. The van der Waals surface area contributed by atoms with Crippen LogP contribution in [0.4, 0.5) is 5.82 Å². The third-order valence-corrected chi connectivity index (χ3v) is 5.08. The second-order valence-electron chi connectivity index (χ2n) is 7.09. The van der Waals surface area contributed by atoms with Crippen molar-refractivity contribution in [1.82, 2.24) is 39.7 Å². The Kier molecular flexibility index (Phi) is 3.24. The van der Waals surface area contributed by atoms with Gasteiger partial charge in [0.05, 0.1) is 11.9 Å². The number of aromatic nitrogens is 7. The van der Waals surface area contributed by atoms with E-state index in [4.69, 9.17) is 5.10 Å². The van der Waals surface area contributed by atoms with Gasteiger partial charge in [0, 0.05) is 38.6 Å². The van der Waals surface area contributed by atoms with Crippen LogP contribution in [-0.2, 0) is 13.6 Å². The molecular formula is C16H21N9. The molecule has 2 fully saturated rings. The van der Waals surface area contributed by atoms with Crippen molar-refractivity contribution in [3.05, 3.63) is 29.8 Å². The summed E-state index contributed by atoms with van der Waals surface area (Å²) in [6, 6.07) is 4.56. The molecular weight excluding hydrogens is 318 g/mol. The Balaban J connectivity index is 1.26. The fourth-order valence-electron chi connectivity index (χ4n) is 3.33. The monoisotopic (exact) mass is 339 g/mol. The molecule has 0 unspecified atom stereocenters. The van der Waals surface area contributed by atoms with E-state index in [0.29, 0.717) is 12.0 Å². The first-order chi connectivity index (χ1) is 12.2. The highest BCUT2D eigenvalue weighted by molar-refractivity contribution is 5.48. The number of hydrogen-bond donors (Lipinski definition) is 0. The van der Waals surface area contributed by atoms with Gasteiger partial charge in [0.25, 0.3) is 0 Å². The molecule has 0 aromatic carbocycles. The van der Waals surface area contributed by atoms with Crippen molar-refractivity contribution in [2.45, 2.75) is 31.3 Å². The average Bonchev–Trinajstić information content (AvgIpc) is 3.18. The van der Waals surface area contributed by atoms with Crippen molar-refractivity contribution in [2.75, 3.05) is 25.0 Å². The van der Waals surface area contributed by atoms with Crippen molar-refractivity contribution in [3.8, 4) is 0 Å². The van der Waals surface area contributed by atoms with Crippen LogP contribution in [0.1, 0.15) is 30.3 Å². The lowest BCUT2D eigenvalue weighted by Crippen LogP contribution is -2.58. The lowest BCUT2D eigenvalue weighted by molar-refractivity contribution is 0.194. The molecule has 1 saturated heterocycles. The Labute approximate surface area is 145 Å². The Morgan fingerprint density at radius 1 is 1.16 bits per heavy atom. The van der Waals surface area contributed by atoms with Crippen LogP contribution in [0.15, 0.2) is 18.3 Å². The quantitative estimate of drug-likeness (QED) is 0.668. The average molecular weight is 339 g/mol. The van der Waals surface area contributed by atoms with Crippen LogP contribution < -0.4 is 4.90 Å². The summed E-state index contributed by atoms with van der Waals surface area (Å²) in [6.45, 7) is 2.75. The molecule has 4 heterocycles. The fourth-order valence-corrected chi connectivity index (χ4v) is 3.33. The van der Waals surface area contributed by atoms with Crippen LogP contribution in [0.25, 0.3) is 5.65 Å². The Hall–Kier alpha value is -2.55. The molecule has 0 amide bonds. The molecule has 1 aliphatic carbocycles. The molecule has 9 nitrogen and oxygen atoms in total. The summed E-state index contributed by atoms with van der Waals surface area (Å²) in [5.74, 6) is 2.55. The number of hydrogen-bond acceptors (Lipinski definition) is 7. The van der Waals surface area contributed by atoms with E-state index in [-0.39, 0.29) is 0 Å². The number of nitrogens with zero attached hydrogens (tertiary/aromatic N) is 9. The molecule has 2 aliphatic rings. The van der Waals surface area contributed by atoms with Gasteiger partial charge < -0.3 is 4.90 Å². The molecule has 1 aliphatic heterocycles. The molecule has 25 heavy (non-hydrogen) atoms. The Morgan fingerprint density at radius 2 is 2.00 bits per heavy atom.